The second kappa shape index (κ2) is 2.02. The highest BCUT2D eigenvalue weighted by Crippen LogP contribution is 1.76. The molecule has 0 amide bonds. The van der Waals surface area contributed by atoms with Crippen LogP contribution < -0.4 is 5.73 Å². The summed E-state index contributed by atoms with van der Waals surface area (Å²) in [7, 11) is 1.93. The maximum absolute atomic E-state index is 5.10. The van der Waals surface area contributed by atoms with Crippen LogP contribution in [0.2, 0.25) is 0 Å². The van der Waals surface area contributed by atoms with Gasteiger partial charge in [0.1, 0.15) is 7.85 Å². The summed E-state index contributed by atoms with van der Waals surface area (Å²) in [5.41, 5.74) is 5.10. The molecule has 0 aromatic carbocycles. The first kappa shape index (κ1) is 4.75. The van der Waals surface area contributed by atoms with Crippen LogP contribution in [0.1, 0.15) is 0 Å². The molecule has 0 spiro atoms. The third kappa shape index (κ3) is 14.9. The lowest BCUT2D eigenvalue weighted by Gasteiger charge is -1.78. The second-order valence-corrected chi connectivity index (χ2v) is 2.64. The summed E-state index contributed by atoms with van der Waals surface area (Å²) in [5.74, 6) is 0. The van der Waals surface area contributed by atoms with E-state index in [0.717, 1.165) is 0 Å². The zero-order chi connectivity index (χ0) is 3.58. The molecule has 0 saturated carbocycles. The highest BCUT2D eigenvalue weighted by molar-refractivity contribution is 14.1. The molecule has 24 valence electrons. The van der Waals surface area contributed by atoms with Gasteiger partial charge in [0.05, 0.1) is 0 Å². The Labute approximate surface area is 40.5 Å². The molecular formula is CH5BIN. The Hall–Kier alpha value is 0.755. The topological polar surface area (TPSA) is 26.0 Å². The van der Waals surface area contributed by atoms with Crippen LogP contribution >= 0.6 is 22.6 Å². The molecule has 0 bridgehead atoms. The predicted molar refractivity (Wildman–Crippen MR) is 30.5 cm³/mol. The zero-order valence-corrected chi connectivity index (χ0v) is 4.69. The fourth-order valence-corrected chi connectivity index (χ4v) is 0. The third-order valence-electron chi connectivity index (χ3n) is 0. The van der Waals surface area contributed by atoms with Crippen LogP contribution in [-0.2, 0) is 0 Å². The van der Waals surface area contributed by atoms with Gasteiger partial charge >= 0.3 is 0 Å². The van der Waals surface area contributed by atoms with Crippen LogP contribution in [0, 0.1) is 0 Å². The first-order valence-corrected chi connectivity index (χ1v) is 2.37. The molecule has 0 aliphatic heterocycles. The Balaban J connectivity index is 2.32. The molecule has 0 aromatic rings. The van der Waals surface area contributed by atoms with Crippen molar-refractivity contribution >= 4 is 30.4 Å². The van der Waals surface area contributed by atoms with Crippen molar-refractivity contribution in [2.75, 3.05) is 0 Å². The third-order valence-corrected chi connectivity index (χ3v) is 0. The van der Waals surface area contributed by atoms with E-state index >= 15 is 0 Å². The first-order chi connectivity index (χ1) is 1.73. The van der Waals surface area contributed by atoms with E-state index in [2.05, 4.69) is 22.6 Å². The minimum Gasteiger partial charge on any atom is -0.327 e. The van der Waals surface area contributed by atoms with Gasteiger partial charge in [-0.1, -0.05) is 22.6 Å². The van der Waals surface area contributed by atoms with Crippen LogP contribution in [0.5, 0.6) is 0 Å². The van der Waals surface area contributed by atoms with Crippen molar-refractivity contribution in [2.45, 2.75) is 3.95 Å². The lowest BCUT2D eigenvalue weighted by molar-refractivity contribution is 1.34. The fraction of sp³-hybridized carbons (Fsp3) is 1.00. The molecule has 1 nitrogen and oxygen atoms in total. The van der Waals surface area contributed by atoms with Gasteiger partial charge in [0.15, 0.2) is 0 Å². The number of alkyl halides is 1. The lowest BCUT2D eigenvalue weighted by atomic mass is 10.2. The molecule has 0 saturated heterocycles. The van der Waals surface area contributed by atoms with E-state index in [1.165, 1.54) is 0 Å². The average Bonchev–Trinajstić information content (AvgIpc) is 0.811. The molecule has 1 unspecified atom stereocenters. The van der Waals surface area contributed by atoms with Crippen molar-refractivity contribution in [2.24, 2.45) is 5.73 Å². The monoisotopic (exact) mass is 169 g/mol. The van der Waals surface area contributed by atoms with Crippen molar-refractivity contribution < 1.29 is 0 Å². The number of halogens is 1. The summed E-state index contributed by atoms with van der Waals surface area (Å²) >= 11 is 2.12. The minimum absolute atomic E-state index is 0.303. The summed E-state index contributed by atoms with van der Waals surface area (Å²) in [6, 6.07) is 0. The normalized spacial score (nSPS) is 15.5. The Morgan fingerprint density at radius 2 is 2.00 bits per heavy atom. The Morgan fingerprint density at radius 1 is 2.00 bits per heavy atom. The Bertz CT molecular complexity index is 12.8. The molecular weight excluding hydrogens is 164 g/mol. The molecule has 0 aliphatic carbocycles. The van der Waals surface area contributed by atoms with Gasteiger partial charge < -0.3 is 5.73 Å². The van der Waals surface area contributed by atoms with Gasteiger partial charge in [0.25, 0.3) is 0 Å². The summed E-state index contributed by atoms with van der Waals surface area (Å²) < 4.78 is 0.303. The van der Waals surface area contributed by atoms with E-state index in [1.807, 2.05) is 7.85 Å². The van der Waals surface area contributed by atoms with Gasteiger partial charge in [-0.05, 0) is 0 Å². The maximum atomic E-state index is 5.10. The van der Waals surface area contributed by atoms with Gasteiger partial charge in [-0.25, -0.2) is 0 Å². The lowest BCUT2D eigenvalue weighted by Crippen LogP contribution is -2.08. The number of hydrogen-bond donors (Lipinski definition) is 1. The van der Waals surface area contributed by atoms with Crippen LogP contribution in [0.25, 0.3) is 0 Å². The van der Waals surface area contributed by atoms with E-state index in [9.17, 15) is 0 Å². The van der Waals surface area contributed by atoms with Gasteiger partial charge in [-0.15, -0.1) is 0 Å². The SMILES string of the molecule is BC(N)I. The average molecular weight is 169 g/mol. The highest BCUT2D eigenvalue weighted by Gasteiger charge is 1.71. The van der Waals surface area contributed by atoms with Crippen molar-refractivity contribution in [1.82, 2.24) is 0 Å². The van der Waals surface area contributed by atoms with Gasteiger partial charge in [-0.2, -0.15) is 0 Å². The van der Waals surface area contributed by atoms with Gasteiger partial charge in [-0.3, -0.25) is 0 Å². The first-order valence-electron chi connectivity index (χ1n) is 1.13. The molecule has 3 heteroatoms. The molecule has 0 aromatic heterocycles. The summed E-state index contributed by atoms with van der Waals surface area (Å²) in [6.45, 7) is 0. The molecule has 0 fully saturated rings. The van der Waals surface area contributed by atoms with Gasteiger partial charge in [0, 0.05) is 3.95 Å². The zero-order valence-electron chi connectivity index (χ0n) is 2.53. The molecule has 0 radical (unpaired) electrons. The molecule has 0 aliphatic rings. The maximum Gasteiger partial charge on any atom is 0.136 e. The summed E-state index contributed by atoms with van der Waals surface area (Å²) in [5, 5.41) is 0. The van der Waals surface area contributed by atoms with Crippen molar-refractivity contribution in [3.05, 3.63) is 0 Å². The van der Waals surface area contributed by atoms with Crippen molar-refractivity contribution in [3.63, 3.8) is 0 Å². The molecule has 4 heavy (non-hydrogen) atoms. The number of rotatable bonds is 0. The Kier molecular flexibility index (Phi) is 2.40. The van der Waals surface area contributed by atoms with E-state index in [4.69, 9.17) is 5.73 Å². The Morgan fingerprint density at radius 3 is 2.00 bits per heavy atom. The molecule has 0 heterocycles. The van der Waals surface area contributed by atoms with Crippen LogP contribution in [-0.4, -0.2) is 11.8 Å². The predicted octanol–water partition coefficient (Wildman–Crippen LogP) is -0.703. The van der Waals surface area contributed by atoms with Crippen LogP contribution in [0.15, 0.2) is 0 Å². The summed E-state index contributed by atoms with van der Waals surface area (Å²) in [6.07, 6.45) is 0. The van der Waals surface area contributed by atoms with Crippen LogP contribution in [0.4, 0.5) is 0 Å². The quantitative estimate of drug-likeness (QED) is 0.220. The van der Waals surface area contributed by atoms with Crippen LogP contribution in [0.3, 0.4) is 0 Å². The molecule has 2 N–H and O–H groups in total. The number of nitrogens with two attached hydrogens (primary N) is 1. The van der Waals surface area contributed by atoms with E-state index < -0.39 is 0 Å². The number of hydrogen-bond acceptors (Lipinski definition) is 1. The largest absolute Gasteiger partial charge is 0.327 e. The summed E-state index contributed by atoms with van der Waals surface area (Å²) in [4.78, 5) is 0. The molecule has 1 atom stereocenters. The molecule has 0 rings (SSSR count). The minimum atomic E-state index is 0.303. The fourth-order valence-electron chi connectivity index (χ4n) is 0. The smallest absolute Gasteiger partial charge is 0.136 e. The van der Waals surface area contributed by atoms with E-state index in [-0.39, 0.29) is 0 Å². The standard InChI is InChI=1S/CH5BIN/c2-1(3)4/h1H,2,4H2. The van der Waals surface area contributed by atoms with Crippen molar-refractivity contribution in [3.8, 4) is 0 Å². The van der Waals surface area contributed by atoms with E-state index in [1.54, 1.807) is 0 Å². The van der Waals surface area contributed by atoms with E-state index in [0.29, 0.717) is 3.95 Å². The second-order valence-electron chi connectivity index (χ2n) is 0.678. The highest BCUT2D eigenvalue weighted by atomic mass is 127. The van der Waals surface area contributed by atoms with Gasteiger partial charge in [0.2, 0.25) is 0 Å². The van der Waals surface area contributed by atoms with Crippen molar-refractivity contribution in [1.29, 1.82) is 0 Å².